The number of ether oxygens (including phenoxy) is 1. The highest BCUT2D eigenvalue weighted by atomic mass is 28.3. The van der Waals surface area contributed by atoms with Crippen LogP contribution in [0.3, 0.4) is 0 Å². The predicted octanol–water partition coefficient (Wildman–Crippen LogP) is 2.35. The Balaban J connectivity index is 2.18. The number of carbonyl (C=O) groups is 2. The molecule has 0 aliphatic carbocycles. The summed E-state index contributed by atoms with van der Waals surface area (Å²) >= 11 is 0. The van der Waals surface area contributed by atoms with E-state index in [0.717, 1.165) is 15.3 Å². The second-order valence-electron chi connectivity index (χ2n) is 8.83. The number of H-pyrrole nitrogens is 1. The lowest BCUT2D eigenvalue weighted by atomic mass is 10.0. The van der Waals surface area contributed by atoms with Crippen molar-refractivity contribution in [1.82, 2.24) is 9.55 Å². The highest BCUT2D eigenvalue weighted by Gasteiger charge is 2.26. The zero-order valence-electron chi connectivity index (χ0n) is 19.8. The van der Waals surface area contributed by atoms with Crippen LogP contribution in [-0.4, -0.2) is 36.5 Å². The average molecular weight is 481 g/mol. The number of aromatic nitrogens is 2. The fraction of sp³-hybridized carbons (Fsp3) is 0.250. The van der Waals surface area contributed by atoms with E-state index in [-0.39, 0.29) is 5.91 Å². The summed E-state index contributed by atoms with van der Waals surface area (Å²) in [5.74, 6) is -0.123. The highest BCUT2D eigenvalue weighted by molar-refractivity contribution is 6.90. The smallest absolute Gasteiger partial charge is 0.328 e. The van der Waals surface area contributed by atoms with Crippen LogP contribution in [0, 0.1) is 0 Å². The molecule has 3 rings (SSSR count). The predicted molar refractivity (Wildman–Crippen MR) is 136 cm³/mol. The van der Waals surface area contributed by atoms with Gasteiger partial charge in [0, 0.05) is 30.4 Å². The number of nitrogens with one attached hydrogen (secondary N) is 3. The molecule has 0 spiro atoms. The molecular weight excluding hydrogens is 452 g/mol. The Morgan fingerprint density at radius 2 is 1.68 bits per heavy atom. The van der Waals surface area contributed by atoms with Gasteiger partial charge in [0.2, 0.25) is 11.8 Å². The molecule has 34 heavy (non-hydrogen) atoms. The minimum atomic E-state index is -1.99. The van der Waals surface area contributed by atoms with Gasteiger partial charge in [-0.2, -0.15) is 0 Å². The summed E-state index contributed by atoms with van der Waals surface area (Å²) in [7, 11) is -0.420. The monoisotopic (exact) mass is 480 g/mol. The number of anilines is 2. The van der Waals surface area contributed by atoms with E-state index in [1.54, 1.807) is 19.2 Å². The molecule has 1 aromatic heterocycles. The van der Waals surface area contributed by atoms with Gasteiger partial charge in [-0.25, -0.2) is 4.79 Å². The van der Waals surface area contributed by atoms with Crippen molar-refractivity contribution in [3.05, 3.63) is 69.5 Å². The molecule has 0 atom stereocenters. The Hall–Kier alpha value is -3.92. The van der Waals surface area contributed by atoms with Crippen LogP contribution in [0.15, 0.2) is 58.3 Å². The molecule has 2 aromatic carbocycles. The number of carbonyl (C=O) groups excluding carboxylic acids is 2. The van der Waals surface area contributed by atoms with Crippen molar-refractivity contribution >= 4 is 36.4 Å². The van der Waals surface area contributed by atoms with E-state index in [4.69, 9.17) is 4.74 Å². The van der Waals surface area contributed by atoms with E-state index in [1.165, 1.54) is 19.2 Å². The molecule has 1 heterocycles. The third-order valence-corrected chi connectivity index (χ3v) is 7.25. The number of aromatic amines is 1. The van der Waals surface area contributed by atoms with Crippen LogP contribution in [0.25, 0.3) is 11.1 Å². The third kappa shape index (κ3) is 5.52. The van der Waals surface area contributed by atoms with Crippen molar-refractivity contribution in [2.75, 3.05) is 17.7 Å². The summed E-state index contributed by atoms with van der Waals surface area (Å²) in [6.45, 7) is 7.38. The first-order valence-corrected chi connectivity index (χ1v) is 14.2. The Morgan fingerprint density at radius 1 is 1.00 bits per heavy atom. The van der Waals surface area contributed by atoms with Gasteiger partial charge in [-0.05, 0) is 28.9 Å². The van der Waals surface area contributed by atoms with Crippen LogP contribution < -0.4 is 31.8 Å². The van der Waals surface area contributed by atoms with Crippen molar-refractivity contribution in [3.8, 4) is 16.9 Å². The molecule has 2 amide bonds. The first kappa shape index (κ1) is 24.7. The van der Waals surface area contributed by atoms with Crippen molar-refractivity contribution in [2.45, 2.75) is 33.1 Å². The molecule has 0 aliphatic heterocycles. The quantitative estimate of drug-likeness (QED) is 0.448. The van der Waals surface area contributed by atoms with Crippen LogP contribution in [-0.2, 0) is 16.1 Å². The molecule has 0 fully saturated rings. The number of methoxy groups -OCH3 is 1. The third-order valence-electron chi connectivity index (χ3n) is 5.21. The van der Waals surface area contributed by atoms with Gasteiger partial charge >= 0.3 is 5.69 Å². The summed E-state index contributed by atoms with van der Waals surface area (Å²) in [6, 6.07) is 12.2. The van der Waals surface area contributed by atoms with E-state index in [0.29, 0.717) is 22.7 Å². The fourth-order valence-corrected chi connectivity index (χ4v) is 5.15. The normalized spacial score (nSPS) is 11.1. The molecule has 3 aromatic rings. The second-order valence-corrected chi connectivity index (χ2v) is 13.9. The molecule has 0 saturated heterocycles. The lowest BCUT2D eigenvalue weighted by molar-refractivity contribution is -0.117. The van der Waals surface area contributed by atoms with Crippen molar-refractivity contribution in [1.29, 1.82) is 0 Å². The maximum atomic E-state index is 13.1. The lowest BCUT2D eigenvalue weighted by Crippen LogP contribution is -2.42. The summed E-state index contributed by atoms with van der Waals surface area (Å²) in [5.41, 5.74) is 1.22. The minimum Gasteiger partial charge on any atom is -0.497 e. The average Bonchev–Trinajstić information content (AvgIpc) is 2.75. The number of rotatable bonds is 7. The van der Waals surface area contributed by atoms with E-state index < -0.39 is 31.8 Å². The Kier molecular flexibility index (Phi) is 7.21. The van der Waals surface area contributed by atoms with E-state index in [9.17, 15) is 19.2 Å². The van der Waals surface area contributed by atoms with E-state index >= 15 is 0 Å². The molecule has 3 N–H and O–H groups in total. The van der Waals surface area contributed by atoms with Gasteiger partial charge in [0.05, 0.1) is 20.9 Å². The maximum absolute atomic E-state index is 13.1. The lowest BCUT2D eigenvalue weighted by Gasteiger charge is -2.26. The maximum Gasteiger partial charge on any atom is 0.328 e. The molecule has 0 unspecified atom stereocenters. The number of hydrogen-bond acceptors (Lipinski definition) is 5. The van der Waals surface area contributed by atoms with Crippen LogP contribution in [0.5, 0.6) is 5.75 Å². The Morgan fingerprint density at radius 3 is 2.24 bits per heavy atom. The fourth-order valence-electron chi connectivity index (χ4n) is 3.63. The number of benzene rings is 2. The zero-order chi connectivity index (χ0) is 25.0. The molecule has 0 aliphatic rings. The van der Waals surface area contributed by atoms with Crippen molar-refractivity contribution in [3.63, 3.8) is 0 Å². The van der Waals surface area contributed by atoms with Gasteiger partial charge in [0.15, 0.2) is 0 Å². The van der Waals surface area contributed by atoms with Gasteiger partial charge in [-0.1, -0.05) is 37.8 Å². The van der Waals surface area contributed by atoms with Crippen LogP contribution in [0.1, 0.15) is 6.92 Å². The van der Waals surface area contributed by atoms with Crippen LogP contribution in [0.2, 0.25) is 19.6 Å². The molecule has 0 bridgehead atoms. The first-order chi connectivity index (χ1) is 16.0. The number of amides is 2. The molecule has 0 radical (unpaired) electrons. The summed E-state index contributed by atoms with van der Waals surface area (Å²) in [4.78, 5) is 51.6. The van der Waals surface area contributed by atoms with E-state index in [2.05, 4.69) is 35.3 Å². The summed E-state index contributed by atoms with van der Waals surface area (Å²) < 4.78 is 6.09. The zero-order valence-corrected chi connectivity index (χ0v) is 20.8. The Labute approximate surface area is 197 Å². The van der Waals surface area contributed by atoms with Gasteiger partial charge in [0.1, 0.15) is 12.3 Å². The van der Waals surface area contributed by atoms with Crippen LogP contribution in [0.4, 0.5) is 11.4 Å². The molecule has 9 nitrogen and oxygen atoms in total. The highest BCUT2D eigenvalue weighted by Crippen LogP contribution is 2.36. The molecule has 10 heteroatoms. The van der Waals surface area contributed by atoms with Crippen molar-refractivity contribution in [2.24, 2.45) is 0 Å². The van der Waals surface area contributed by atoms with Gasteiger partial charge in [-0.3, -0.25) is 19.0 Å². The van der Waals surface area contributed by atoms with Crippen LogP contribution >= 0.6 is 0 Å². The second kappa shape index (κ2) is 9.92. The Bertz CT molecular complexity index is 1310. The summed E-state index contributed by atoms with van der Waals surface area (Å²) in [6.07, 6.45) is 1.24. The molecule has 178 valence electrons. The number of hydrogen-bond donors (Lipinski definition) is 3. The molecular formula is C24H28N4O5Si. The van der Waals surface area contributed by atoms with Crippen molar-refractivity contribution < 1.29 is 14.3 Å². The summed E-state index contributed by atoms with van der Waals surface area (Å²) in [5, 5.41) is 6.73. The minimum absolute atomic E-state index is 0.254. The molecule has 0 saturated carbocycles. The first-order valence-electron chi connectivity index (χ1n) is 10.7. The van der Waals surface area contributed by atoms with Gasteiger partial charge in [0.25, 0.3) is 5.56 Å². The standard InChI is InChI=1S/C24H28N4O5Si/c1-15(29)26-18-10-11-19(34(3,4)5)23(22(18)16-6-8-17(33-2)9-7-16)27-20(30)14-28-21(31)12-13-25-24(28)32/h6-13H,14H2,1-5H3,(H,25,32)(H,26,29)(H,27,30). The SMILES string of the molecule is COc1ccc(-c2c(NC(C)=O)ccc([Si](C)(C)C)c2NC(=O)Cn2c(=O)cc[nH]c2=O)cc1. The topological polar surface area (TPSA) is 122 Å². The largest absolute Gasteiger partial charge is 0.497 e. The van der Waals surface area contributed by atoms with Gasteiger partial charge < -0.3 is 20.4 Å². The van der Waals surface area contributed by atoms with Gasteiger partial charge in [-0.15, -0.1) is 0 Å². The number of nitrogens with zero attached hydrogens (tertiary/aromatic N) is 1. The van der Waals surface area contributed by atoms with E-state index in [1.807, 2.05) is 24.3 Å².